The highest BCUT2D eigenvalue weighted by molar-refractivity contribution is 5.87. The molecule has 0 aliphatic heterocycles. The van der Waals surface area contributed by atoms with E-state index in [1.165, 1.54) is 7.05 Å². The first-order valence-electron chi connectivity index (χ1n) is 2.78. The molecule has 1 N–H and O–H groups in total. The molecule has 0 radical (unpaired) electrons. The van der Waals surface area contributed by atoms with Crippen molar-refractivity contribution in [2.75, 3.05) is 7.05 Å². The second-order valence-electron chi connectivity index (χ2n) is 1.55. The molecule has 3 nitrogen and oxygen atoms in total. The molecule has 0 aromatic carbocycles. The van der Waals surface area contributed by atoms with E-state index in [0.717, 1.165) is 0 Å². The molecular weight excluding hydrogens is 118 g/mol. The Morgan fingerprint density at radius 2 is 2.33 bits per heavy atom. The van der Waals surface area contributed by atoms with Gasteiger partial charge in [0.25, 0.3) is 0 Å². The Kier molecular flexibility index (Phi) is 3.71. The van der Waals surface area contributed by atoms with Gasteiger partial charge in [-0.05, 0) is 6.42 Å². The van der Waals surface area contributed by atoms with E-state index in [2.05, 4.69) is 16.9 Å². The van der Waals surface area contributed by atoms with E-state index >= 15 is 0 Å². The lowest BCUT2D eigenvalue weighted by Gasteiger charge is -1.99. The molecule has 0 unspecified atom stereocenters. The average Bonchev–Trinajstić information content (AvgIpc) is 1.87. The van der Waals surface area contributed by atoms with Crippen LogP contribution in [0.1, 0.15) is 13.3 Å². The number of hydroxylamine groups is 1. The Bertz CT molecular complexity index is 120. The maximum Gasteiger partial charge on any atom is 0.352 e. The summed E-state index contributed by atoms with van der Waals surface area (Å²) in [4.78, 5) is 15.0. The van der Waals surface area contributed by atoms with Gasteiger partial charge in [0.1, 0.15) is 0 Å². The zero-order valence-electron chi connectivity index (χ0n) is 5.73. The van der Waals surface area contributed by atoms with Gasteiger partial charge in [-0.25, -0.2) is 4.79 Å². The van der Waals surface area contributed by atoms with Crippen molar-refractivity contribution in [1.82, 2.24) is 5.48 Å². The highest BCUT2D eigenvalue weighted by atomic mass is 16.7. The van der Waals surface area contributed by atoms with Crippen molar-refractivity contribution in [3.63, 3.8) is 0 Å². The van der Waals surface area contributed by atoms with Crippen LogP contribution < -0.4 is 5.48 Å². The number of hydrogen-bond acceptors (Lipinski definition) is 3. The first-order valence-corrected chi connectivity index (χ1v) is 2.78. The molecule has 0 bridgehead atoms. The van der Waals surface area contributed by atoms with Crippen LogP contribution in [0.5, 0.6) is 0 Å². The van der Waals surface area contributed by atoms with Gasteiger partial charge >= 0.3 is 5.97 Å². The normalized spacial score (nSPS) is 8.67. The minimum absolute atomic E-state index is 0.389. The molecule has 0 saturated heterocycles. The van der Waals surface area contributed by atoms with Crippen molar-refractivity contribution in [1.29, 1.82) is 0 Å². The van der Waals surface area contributed by atoms with Crippen LogP contribution in [-0.4, -0.2) is 13.0 Å². The average molecular weight is 129 g/mol. The molecule has 0 heterocycles. The molecule has 0 saturated carbocycles. The quantitative estimate of drug-likeness (QED) is 0.448. The maximum atomic E-state index is 10.6. The lowest BCUT2D eigenvalue weighted by Crippen LogP contribution is -2.15. The van der Waals surface area contributed by atoms with E-state index < -0.39 is 0 Å². The van der Waals surface area contributed by atoms with E-state index in [-0.39, 0.29) is 5.97 Å². The molecule has 9 heavy (non-hydrogen) atoms. The van der Waals surface area contributed by atoms with Crippen LogP contribution >= 0.6 is 0 Å². The minimum atomic E-state index is -0.389. The van der Waals surface area contributed by atoms with E-state index in [4.69, 9.17) is 0 Å². The summed E-state index contributed by atoms with van der Waals surface area (Å²) >= 11 is 0. The number of rotatable bonds is 3. The molecule has 0 atom stereocenters. The summed E-state index contributed by atoms with van der Waals surface area (Å²) in [5, 5.41) is 0. The van der Waals surface area contributed by atoms with Crippen molar-refractivity contribution in [3.05, 3.63) is 12.2 Å². The van der Waals surface area contributed by atoms with E-state index in [0.29, 0.717) is 12.0 Å². The molecule has 0 aromatic rings. The van der Waals surface area contributed by atoms with Crippen LogP contribution in [0, 0.1) is 0 Å². The van der Waals surface area contributed by atoms with Crippen molar-refractivity contribution >= 4 is 5.97 Å². The van der Waals surface area contributed by atoms with Crippen LogP contribution in [-0.2, 0) is 9.63 Å². The highest BCUT2D eigenvalue weighted by Crippen LogP contribution is 1.96. The Hall–Kier alpha value is -0.830. The maximum absolute atomic E-state index is 10.6. The third-order valence-electron chi connectivity index (χ3n) is 0.910. The van der Waals surface area contributed by atoms with Crippen molar-refractivity contribution in [3.8, 4) is 0 Å². The van der Waals surface area contributed by atoms with E-state index in [1.807, 2.05) is 6.92 Å². The summed E-state index contributed by atoms with van der Waals surface area (Å²) in [7, 11) is 1.53. The largest absolute Gasteiger partial charge is 0.367 e. The summed E-state index contributed by atoms with van der Waals surface area (Å²) in [6.45, 7) is 5.32. The molecule has 0 amide bonds. The molecule has 0 rings (SSSR count). The molecular formula is C6H11NO2. The Morgan fingerprint density at radius 3 is 2.67 bits per heavy atom. The zero-order valence-corrected chi connectivity index (χ0v) is 5.73. The Morgan fingerprint density at radius 1 is 1.78 bits per heavy atom. The second kappa shape index (κ2) is 4.09. The molecule has 0 aliphatic carbocycles. The second-order valence-corrected chi connectivity index (χ2v) is 1.55. The molecule has 0 spiro atoms. The van der Waals surface area contributed by atoms with Crippen molar-refractivity contribution in [2.24, 2.45) is 0 Å². The smallest absolute Gasteiger partial charge is 0.352 e. The summed E-state index contributed by atoms with van der Waals surface area (Å²) in [5.74, 6) is -0.389. The van der Waals surface area contributed by atoms with Crippen LogP contribution in [0.3, 0.4) is 0 Å². The van der Waals surface area contributed by atoms with Crippen LogP contribution in [0.2, 0.25) is 0 Å². The van der Waals surface area contributed by atoms with Crippen LogP contribution in [0.25, 0.3) is 0 Å². The van der Waals surface area contributed by atoms with Gasteiger partial charge in [-0.2, -0.15) is 5.48 Å². The van der Waals surface area contributed by atoms with Gasteiger partial charge in [0, 0.05) is 12.6 Å². The summed E-state index contributed by atoms with van der Waals surface area (Å²) < 4.78 is 0. The standard InChI is InChI=1S/C6H11NO2/c1-4-5(2)6(8)9-7-3/h7H,2,4H2,1,3H3. The van der Waals surface area contributed by atoms with Gasteiger partial charge in [0.2, 0.25) is 0 Å². The highest BCUT2D eigenvalue weighted by Gasteiger charge is 2.03. The first-order chi connectivity index (χ1) is 4.22. The molecule has 0 aliphatic rings. The predicted octanol–water partition coefficient (Wildman–Crippen LogP) is 0.630. The fraction of sp³-hybridized carbons (Fsp3) is 0.500. The fourth-order valence-electron chi connectivity index (χ4n) is 0.309. The lowest BCUT2D eigenvalue weighted by atomic mass is 10.2. The fourth-order valence-corrected chi connectivity index (χ4v) is 0.309. The number of hydrogen-bond donors (Lipinski definition) is 1. The van der Waals surface area contributed by atoms with E-state index in [1.54, 1.807) is 0 Å². The van der Waals surface area contributed by atoms with Crippen molar-refractivity contribution in [2.45, 2.75) is 13.3 Å². The SMILES string of the molecule is C=C(CC)C(=O)ONC. The number of nitrogens with one attached hydrogen (secondary N) is 1. The third-order valence-corrected chi connectivity index (χ3v) is 0.910. The van der Waals surface area contributed by atoms with Gasteiger partial charge < -0.3 is 4.84 Å². The van der Waals surface area contributed by atoms with Gasteiger partial charge in [-0.15, -0.1) is 0 Å². The molecule has 0 fully saturated rings. The summed E-state index contributed by atoms with van der Waals surface area (Å²) in [6.07, 6.45) is 0.626. The molecule has 0 aromatic heterocycles. The van der Waals surface area contributed by atoms with Crippen LogP contribution in [0.4, 0.5) is 0 Å². The topological polar surface area (TPSA) is 38.3 Å². The van der Waals surface area contributed by atoms with Gasteiger partial charge in [-0.1, -0.05) is 13.5 Å². The van der Waals surface area contributed by atoms with E-state index in [9.17, 15) is 4.79 Å². The van der Waals surface area contributed by atoms with Crippen LogP contribution in [0.15, 0.2) is 12.2 Å². The Balaban J connectivity index is 3.60. The lowest BCUT2D eigenvalue weighted by molar-refractivity contribution is -0.145. The summed E-state index contributed by atoms with van der Waals surface area (Å²) in [5.41, 5.74) is 2.75. The first kappa shape index (κ1) is 8.17. The third kappa shape index (κ3) is 2.87. The number of carbonyl (C=O) groups excluding carboxylic acids is 1. The van der Waals surface area contributed by atoms with Gasteiger partial charge in [-0.3, -0.25) is 0 Å². The monoisotopic (exact) mass is 129 g/mol. The summed E-state index contributed by atoms with van der Waals surface area (Å²) in [6, 6.07) is 0. The van der Waals surface area contributed by atoms with Gasteiger partial charge in [0.15, 0.2) is 0 Å². The minimum Gasteiger partial charge on any atom is -0.367 e. The predicted molar refractivity (Wildman–Crippen MR) is 34.6 cm³/mol. The van der Waals surface area contributed by atoms with Gasteiger partial charge in [0.05, 0.1) is 0 Å². The van der Waals surface area contributed by atoms with Crippen molar-refractivity contribution < 1.29 is 9.63 Å². The molecule has 3 heteroatoms. The zero-order chi connectivity index (χ0) is 7.28. The number of carbonyl (C=O) groups is 1. The molecule has 52 valence electrons. The Labute approximate surface area is 54.7 Å².